The lowest BCUT2D eigenvalue weighted by Gasteiger charge is -2.37. The van der Waals surface area contributed by atoms with Crippen LogP contribution in [0.15, 0.2) is 18.2 Å². The number of hydrogen-bond acceptors (Lipinski definition) is 6. The van der Waals surface area contributed by atoms with Crippen LogP contribution in [-0.2, 0) is 14.4 Å². The van der Waals surface area contributed by atoms with Crippen molar-refractivity contribution < 1.29 is 29.7 Å². The molecule has 1 aromatic rings. The number of benzene rings is 1. The van der Waals surface area contributed by atoms with Gasteiger partial charge in [0.05, 0.1) is 11.8 Å². The number of amides is 2. The van der Waals surface area contributed by atoms with Crippen LogP contribution in [0.3, 0.4) is 0 Å². The molecule has 8 nitrogen and oxygen atoms in total. The highest BCUT2D eigenvalue weighted by molar-refractivity contribution is 6.10. The number of rotatable bonds is 3. The molecule has 2 heterocycles. The Hall–Kier alpha value is -2.61. The summed E-state index contributed by atoms with van der Waals surface area (Å²) in [4.78, 5) is 40.1. The van der Waals surface area contributed by atoms with E-state index in [2.05, 4.69) is 5.32 Å². The van der Waals surface area contributed by atoms with Crippen molar-refractivity contribution in [3.05, 3.63) is 23.8 Å². The molecule has 2 aliphatic heterocycles. The number of aromatic hydroxyl groups is 2. The van der Waals surface area contributed by atoms with E-state index in [0.717, 1.165) is 4.90 Å². The summed E-state index contributed by atoms with van der Waals surface area (Å²) in [5.74, 6) is -5.31. The van der Waals surface area contributed by atoms with Gasteiger partial charge in [0, 0.05) is 11.6 Å². The maximum absolute atomic E-state index is 13.3. The van der Waals surface area contributed by atoms with Crippen molar-refractivity contribution in [2.24, 2.45) is 17.8 Å². The lowest BCUT2D eigenvalue weighted by atomic mass is 9.73. The second kappa shape index (κ2) is 6.20. The van der Waals surface area contributed by atoms with Crippen molar-refractivity contribution >= 4 is 17.8 Å². The highest BCUT2D eigenvalue weighted by Crippen LogP contribution is 2.53. The number of carboxylic acids is 1. The molecular weight excluding hydrogens is 364 g/mol. The van der Waals surface area contributed by atoms with Gasteiger partial charge in [0.2, 0.25) is 11.8 Å². The van der Waals surface area contributed by atoms with E-state index in [-0.39, 0.29) is 11.5 Å². The van der Waals surface area contributed by atoms with Crippen molar-refractivity contribution in [1.82, 2.24) is 10.2 Å². The van der Waals surface area contributed by atoms with E-state index in [4.69, 9.17) is 0 Å². The van der Waals surface area contributed by atoms with Crippen LogP contribution >= 0.6 is 0 Å². The molecule has 1 aromatic carbocycles. The Morgan fingerprint density at radius 3 is 2.21 bits per heavy atom. The molecule has 2 saturated heterocycles. The standard InChI is InChI=1S/C20H26N2O6/c1-9(2)20(18(27)28)14-13(16(25)22(17(14)26)19(3,4)5)15(21-20)10-6-7-11(23)12(24)8-10/h6-9,13-15,21,23-24H,1-5H3,(H,27,28). The normalized spacial score (nSPS) is 30.2. The summed E-state index contributed by atoms with van der Waals surface area (Å²) in [6, 6.07) is 3.29. The van der Waals surface area contributed by atoms with Crippen LogP contribution in [0.2, 0.25) is 0 Å². The van der Waals surface area contributed by atoms with E-state index < -0.39 is 52.7 Å². The number of hydrogen-bond donors (Lipinski definition) is 4. The van der Waals surface area contributed by atoms with E-state index in [9.17, 15) is 29.7 Å². The fourth-order valence-corrected chi connectivity index (χ4v) is 4.60. The number of phenolic OH excluding ortho intramolecular Hbond substituents is 2. The molecule has 0 bridgehead atoms. The third kappa shape index (κ3) is 2.58. The van der Waals surface area contributed by atoms with E-state index in [1.165, 1.54) is 18.2 Å². The first-order valence-electron chi connectivity index (χ1n) is 9.25. The molecule has 0 saturated carbocycles. The maximum Gasteiger partial charge on any atom is 0.325 e. The van der Waals surface area contributed by atoms with Crippen LogP contribution in [-0.4, -0.2) is 49.1 Å². The van der Waals surface area contributed by atoms with Gasteiger partial charge in [-0.05, 0) is 44.4 Å². The summed E-state index contributed by atoms with van der Waals surface area (Å²) in [7, 11) is 0. The van der Waals surface area contributed by atoms with Crippen molar-refractivity contribution in [1.29, 1.82) is 0 Å². The number of nitrogens with one attached hydrogen (secondary N) is 1. The highest BCUT2D eigenvalue weighted by atomic mass is 16.4. The van der Waals surface area contributed by atoms with Gasteiger partial charge in [-0.25, -0.2) is 0 Å². The zero-order chi connectivity index (χ0) is 21.2. The van der Waals surface area contributed by atoms with Crippen molar-refractivity contribution in [3.8, 4) is 11.5 Å². The molecule has 2 fully saturated rings. The predicted molar refractivity (Wildman–Crippen MR) is 99.4 cm³/mol. The molecule has 0 spiro atoms. The predicted octanol–water partition coefficient (Wildman–Crippen LogP) is 1.62. The molecule has 4 N–H and O–H groups in total. The largest absolute Gasteiger partial charge is 0.504 e. The van der Waals surface area contributed by atoms with Gasteiger partial charge in [0.25, 0.3) is 0 Å². The Bertz CT molecular complexity index is 859. The van der Waals surface area contributed by atoms with Gasteiger partial charge in [-0.3, -0.25) is 24.6 Å². The van der Waals surface area contributed by atoms with Gasteiger partial charge in [0.1, 0.15) is 5.54 Å². The number of likely N-dealkylation sites (tertiary alicyclic amines) is 1. The first-order chi connectivity index (χ1) is 12.8. The summed E-state index contributed by atoms with van der Waals surface area (Å²) < 4.78 is 0. The lowest BCUT2D eigenvalue weighted by molar-refractivity contribution is -0.155. The Morgan fingerprint density at radius 1 is 1.14 bits per heavy atom. The SMILES string of the molecule is CC(C)C1(C(=O)O)NC(c2ccc(O)c(O)c2)C2C(=O)N(C(C)(C)C)C(=O)C21. The van der Waals surface area contributed by atoms with E-state index >= 15 is 0 Å². The number of aliphatic carboxylic acids is 1. The Labute approximate surface area is 163 Å². The third-order valence-electron chi connectivity index (χ3n) is 5.89. The minimum Gasteiger partial charge on any atom is -0.504 e. The van der Waals surface area contributed by atoms with Crippen molar-refractivity contribution in [2.75, 3.05) is 0 Å². The van der Waals surface area contributed by atoms with Crippen LogP contribution in [0.1, 0.15) is 46.2 Å². The summed E-state index contributed by atoms with van der Waals surface area (Å²) in [5.41, 5.74) is -1.98. The Morgan fingerprint density at radius 2 is 1.75 bits per heavy atom. The third-order valence-corrected chi connectivity index (χ3v) is 5.89. The quantitative estimate of drug-likeness (QED) is 0.456. The average Bonchev–Trinajstić information content (AvgIpc) is 3.05. The lowest BCUT2D eigenvalue weighted by Crippen LogP contribution is -2.60. The monoisotopic (exact) mass is 390 g/mol. The van der Waals surface area contributed by atoms with E-state index in [1.807, 2.05) is 0 Å². The van der Waals surface area contributed by atoms with Gasteiger partial charge in [-0.1, -0.05) is 19.9 Å². The molecule has 3 rings (SSSR count). The average molecular weight is 390 g/mol. The molecule has 4 unspecified atom stereocenters. The Kier molecular flexibility index (Phi) is 4.46. The van der Waals surface area contributed by atoms with Gasteiger partial charge >= 0.3 is 5.97 Å². The number of phenols is 2. The topological polar surface area (TPSA) is 127 Å². The molecule has 152 valence electrons. The van der Waals surface area contributed by atoms with Crippen molar-refractivity contribution in [3.63, 3.8) is 0 Å². The van der Waals surface area contributed by atoms with Crippen LogP contribution < -0.4 is 5.32 Å². The second-order valence-corrected chi connectivity index (χ2v) is 8.89. The van der Waals surface area contributed by atoms with Crippen molar-refractivity contribution in [2.45, 2.75) is 51.7 Å². The number of nitrogens with zero attached hydrogens (tertiary/aromatic N) is 1. The van der Waals surface area contributed by atoms with E-state index in [0.29, 0.717) is 5.56 Å². The van der Waals surface area contributed by atoms with Crippen LogP contribution in [0.5, 0.6) is 11.5 Å². The highest BCUT2D eigenvalue weighted by Gasteiger charge is 2.70. The molecule has 8 heteroatoms. The summed E-state index contributed by atoms with van der Waals surface area (Å²) in [6.45, 7) is 8.60. The molecule has 28 heavy (non-hydrogen) atoms. The number of fused-ring (bicyclic) bond motifs is 1. The molecule has 0 radical (unpaired) electrons. The molecular formula is C20H26N2O6. The van der Waals surface area contributed by atoms with Crippen LogP contribution in [0.25, 0.3) is 0 Å². The Balaban J connectivity index is 2.21. The van der Waals surface area contributed by atoms with Gasteiger partial charge in [-0.15, -0.1) is 0 Å². The van der Waals surface area contributed by atoms with Crippen LogP contribution in [0, 0.1) is 17.8 Å². The summed E-state index contributed by atoms with van der Waals surface area (Å²) in [6.07, 6.45) is 0. The summed E-state index contributed by atoms with van der Waals surface area (Å²) >= 11 is 0. The van der Waals surface area contributed by atoms with Crippen LogP contribution in [0.4, 0.5) is 0 Å². The van der Waals surface area contributed by atoms with E-state index in [1.54, 1.807) is 34.6 Å². The number of carbonyl (C=O) groups is 3. The molecule has 0 aliphatic carbocycles. The molecule has 0 aromatic heterocycles. The molecule has 2 amide bonds. The molecule has 4 atom stereocenters. The molecule has 2 aliphatic rings. The van der Waals surface area contributed by atoms with Gasteiger partial charge in [-0.2, -0.15) is 0 Å². The number of imide groups is 1. The maximum atomic E-state index is 13.3. The van der Waals surface area contributed by atoms with Gasteiger partial charge < -0.3 is 15.3 Å². The van der Waals surface area contributed by atoms with Gasteiger partial charge in [0.15, 0.2) is 11.5 Å². The fraction of sp³-hybridized carbons (Fsp3) is 0.550. The smallest absolute Gasteiger partial charge is 0.325 e. The zero-order valence-corrected chi connectivity index (χ0v) is 16.6. The minimum atomic E-state index is -1.63. The number of carbonyl (C=O) groups excluding carboxylic acids is 2. The fourth-order valence-electron chi connectivity index (χ4n) is 4.60. The second-order valence-electron chi connectivity index (χ2n) is 8.89. The zero-order valence-electron chi connectivity index (χ0n) is 16.6. The first kappa shape index (κ1) is 20.1. The first-order valence-corrected chi connectivity index (χ1v) is 9.25. The number of carboxylic acid groups (broad SMARTS) is 1. The summed E-state index contributed by atoms with van der Waals surface area (Å²) in [5, 5.41) is 32.6. The minimum absolute atomic E-state index is 0.322.